The molecular formula is C23H17NO4. The quantitative estimate of drug-likeness (QED) is 0.590. The van der Waals surface area contributed by atoms with Crippen molar-refractivity contribution < 1.29 is 19.1 Å². The first-order chi connectivity index (χ1) is 13.5. The molecule has 1 aliphatic carbocycles. The third kappa shape index (κ3) is 2.77. The molecule has 0 heterocycles. The van der Waals surface area contributed by atoms with Crippen LogP contribution in [0.15, 0.2) is 60.7 Å². The molecule has 1 amide bonds. The number of methoxy groups -OCH3 is 1. The van der Waals surface area contributed by atoms with Crippen LogP contribution in [0, 0.1) is 6.92 Å². The lowest BCUT2D eigenvalue weighted by Gasteiger charge is -2.22. The Bertz CT molecular complexity index is 1150. The number of anilines is 1. The monoisotopic (exact) mass is 371 g/mol. The standard InChI is InChI=1S/C23H17NO4/c1-13-10-11-18-19(22(26)17-9-4-3-8-16(17)21(18)25)20(13)24-23(27)14-6-5-7-15(12-14)28-2/h3-12H,1-2H3,(H,24,27). The van der Waals surface area contributed by atoms with Crippen LogP contribution < -0.4 is 10.1 Å². The number of benzene rings is 3. The van der Waals surface area contributed by atoms with Gasteiger partial charge in [-0.05, 0) is 36.8 Å². The highest BCUT2D eigenvalue weighted by molar-refractivity contribution is 6.31. The Morgan fingerprint density at radius 2 is 1.57 bits per heavy atom. The highest BCUT2D eigenvalue weighted by atomic mass is 16.5. The lowest BCUT2D eigenvalue weighted by atomic mass is 9.82. The number of carbonyl (C=O) groups excluding carboxylic acids is 3. The summed E-state index contributed by atoms with van der Waals surface area (Å²) in [6, 6.07) is 16.8. The summed E-state index contributed by atoms with van der Waals surface area (Å²) in [5.74, 6) is -0.314. The van der Waals surface area contributed by atoms with Crippen molar-refractivity contribution in [2.24, 2.45) is 0 Å². The number of hydrogen-bond donors (Lipinski definition) is 1. The summed E-state index contributed by atoms with van der Waals surface area (Å²) in [7, 11) is 1.52. The molecule has 5 heteroatoms. The van der Waals surface area contributed by atoms with E-state index in [0.29, 0.717) is 39.3 Å². The molecule has 1 aliphatic rings. The van der Waals surface area contributed by atoms with Crippen LogP contribution in [-0.2, 0) is 0 Å². The largest absolute Gasteiger partial charge is 0.497 e. The molecule has 0 bridgehead atoms. The van der Waals surface area contributed by atoms with Gasteiger partial charge < -0.3 is 10.1 Å². The molecule has 0 aliphatic heterocycles. The van der Waals surface area contributed by atoms with Gasteiger partial charge in [-0.15, -0.1) is 0 Å². The highest BCUT2D eigenvalue weighted by Crippen LogP contribution is 2.34. The molecule has 1 N–H and O–H groups in total. The summed E-state index contributed by atoms with van der Waals surface area (Å²) in [6.45, 7) is 1.79. The van der Waals surface area contributed by atoms with E-state index in [1.54, 1.807) is 67.6 Å². The second kappa shape index (κ2) is 6.78. The molecular weight excluding hydrogens is 354 g/mol. The number of ketones is 2. The topological polar surface area (TPSA) is 72.5 Å². The number of rotatable bonds is 3. The number of nitrogens with one attached hydrogen (secondary N) is 1. The van der Waals surface area contributed by atoms with Crippen molar-refractivity contribution in [1.82, 2.24) is 0 Å². The zero-order valence-corrected chi connectivity index (χ0v) is 15.4. The summed E-state index contributed by atoms with van der Waals surface area (Å²) >= 11 is 0. The lowest BCUT2D eigenvalue weighted by molar-refractivity contribution is 0.0978. The summed E-state index contributed by atoms with van der Waals surface area (Å²) in [5.41, 5.74) is 2.73. The van der Waals surface area contributed by atoms with Crippen LogP contribution in [-0.4, -0.2) is 24.6 Å². The van der Waals surface area contributed by atoms with Crippen molar-refractivity contribution in [2.75, 3.05) is 12.4 Å². The summed E-state index contributed by atoms with van der Waals surface area (Å²) in [6.07, 6.45) is 0. The van der Waals surface area contributed by atoms with Crippen molar-refractivity contribution in [3.63, 3.8) is 0 Å². The molecule has 28 heavy (non-hydrogen) atoms. The van der Waals surface area contributed by atoms with E-state index >= 15 is 0 Å². The fraction of sp³-hybridized carbons (Fsp3) is 0.0870. The van der Waals surface area contributed by atoms with Crippen LogP contribution in [0.2, 0.25) is 0 Å². The molecule has 3 aromatic rings. The van der Waals surface area contributed by atoms with E-state index < -0.39 is 0 Å². The summed E-state index contributed by atoms with van der Waals surface area (Å²) in [5, 5.41) is 2.82. The maximum absolute atomic E-state index is 13.1. The fourth-order valence-electron chi connectivity index (χ4n) is 3.40. The second-order valence-electron chi connectivity index (χ2n) is 6.57. The Hall–Kier alpha value is -3.73. The van der Waals surface area contributed by atoms with E-state index in [-0.39, 0.29) is 23.0 Å². The van der Waals surface area contributed by atoms with Crippen LogP contribution in [0.25, 0.3) is 0 Å². The van der Waals surface area contributed by atoms with Crippen molar-refractivity contribution in [3.8, 4) is 5.75 Å². The Kier molecular flexibility index (Phi) is 4.28. The first kappa shape index (κ1) is 17.7. The number of carbonyl (C=O) groups is 3. The van der Waals surface area contributed by atoms with Gasteiger partial charge in [-0.2, -0.15) is 0 Å². The lowest BCUT2D eigenvalue weighted by Crippen LogP contribution is -2.24. The average molecular weight is 371 g/mol. The van der Waals surface area contributed by atoms with Crippen LogP contribution in [0.1, 0.15) is 47.8 Å². The van der Waals surface area contributed by atoms with Crippen molar-refractivity contribution in [2.45, 2.75) is 6.92 Å². The molecule has 0 unspecified atom stereocenters. The van der Waals surface area contributed by atoms with Crippen LogP contribution in [0.5, 0.6) is 5.75 Å². The maximum atomic E-state index is 13.1. The number of aryl methyl sites for hydroxylation is 1. The summed E-state index contributed by atoms with van der Waals surface area (Å²) < 4.78 is 5.16. The maximum Gasteiger partial charge on any atom is 0.255 e. The van der Waals surface area contributed by atoms with Crippen LogP contribution >= 0.6 is 0 Å². The molecule has 0 atom stereocenters. The van der Waals surface area contributed by atoms with Gasteiger partial charge in [0.1, 0.15) is 5.75 Å². The zero-order chi connectivity index (χ0) is 19.8. The van der Waals surface area contributed by atoms with Gasteiger partial charge in [0.25, 0.3) is 5.91 Å². The SMILES string of the molecule is COc1cccc(C(=O)Nc2c(C)ccc3c2C(=O)c2ccccc2C3=O)c1. The molecule has 0 saturated carbocycles. The highest BCUT2D eigenvalue weighted by Gasteiger charge is 2.32. The van der Waals surface area contributed by atoms with Gasteiger partial charge in [-0.25, -0.2) is 0 Å². The second-order valence-corrected chi connectivity index (χ2v) is 6.57. The number of ether oxygens (including phenoxy) is 1. The third-order valence-corrected chi connectivity index (χ3v) is 4.87. The Morgan fingerprint density at radius 3 is 2.29 bits per heavy atom. The molecule has 0 saturated heterocycles. The molecule has 3 aromatic carbocycles. The minimum absolute atomic E-state index is 0.220. The normalized spacial score (nSPS) is 12.2. The van der Waals surface area contributed by atoms with Gasteiger partial charge in [0, 0.05) is 22.3 Å². The predicted molar refractivity (Wildman–Crippen MR) is 105 cm³/mol. The molecule has 0 radical (unpaired) electrons. The van der Waals surface area contributed by atoms with Gasteiger partial charge in [0.2, 0.25) is 0 Å². The summed E-state index contributed by atoms with van der Waals surface area (Å²) in [4.78, 5) is 38.8. The zero-order valence-electron chi connectivity index (χ0n) is 15.4. The van der Waals surface area contributed by atoms with Gasteiger partial charge >= 0.3 is 0 Å². The smallest absolute Gasteiger partial charge is 0.255 e. The van der Waals surface area contributed by atoms with E-state index in [4.69, 9.17) is 4.74 Å². The van der Waals surface area contributed by atoms with E-state index in [1.165, 1.54) is 7.11 Å². The minimum Gasteiger partial charge on any atom is -0.497 e. The first-order valence-electron chi connectivity index (χ1n) is 8.78. The molecule has 4 rings (SSSR count). The average Bonchev–Trinajstić information content (AvgIpc) is 2.73. The van der Waals surface area contributed by atoms with Gasteiger partial charge in [0.05, 0.1) is 18.4 Å². The minimum atomic E-state index is -0.380. The Balaban J connectivity index is 1.80. The molecule has 138 valence electrons. The van der Waals surface area contributed by atoms with Crippen molar-refractivity contribution >= 4 is 23.2 Å². The molecule has 0 spiro atoms. The van der Waals surface area contributed by atoms with Crippen LogP contribution in [0.4, 0.5) is 5.69 Å². The predicted octanol–water partition coefficient (Wildman–Crippen LogP) is 4.03. The van der Waals surface area contributed by atoms with Gasteiger partial charge in [-0.1, -0.05) is 36.4 Å². The van der Waals surface area contributed by atoms with Crippen molar-refractivity contribution in [1.29, 1.82) is 0 Å². The fourth-order valence-corrected chi connectivity index (χ4v) is 3.40. The van der Waals surface area contributed by atoms with E-state index in [0.717, 1.165) is 0 Å². The molecule has 5 nitrogen and oxygen atoms in total. The Morgan fingerprint density at radius 1 is 0.857 bits per heavy atom. The van der Waals surface area contributed by atoms with E-state index in [1.807, 2.05) is 0 Å². The Labute approximate surface area is 162 Å². The molecule has 0 aromatic heterocycles. The van der Waals surface area contributed by atoms with Crippen molar-refractivity contribution in [3.05, 3.63) is 94.0 Å². The number of hydrogen-bond acceptors (Lipinski definition) is 4. The van der Waals surface area contributed by atoms with Gasteiger partial charge in [0.15, 0.2) is 11.6 Å². The van der Waals surface area contributed by atoms with Gasteiger partial charge in [-0.3, -0.25) is 14.4 Å². The van der Waals surface area contributed by atoms with E-state index in [9.17, 15) is 14.4 Å². The third-order valence-electron chi connectivity index (χ3n) is 4.87. The van der Waals surface area contributed by atoms with E-state index in [2.05, 4.69) is 5.32 Å². The van der Waals surface area contributed by atoms with Crippen LogP contribution in [0.3, 0.4) is 0 Å². The number of fused-ring (bicyclic) bond motifs is 2. The number of amides is 1. The molecule has 0 fully saturated rings. The first-order valence-corrected chi connectivity index (χ1v) is 8.78.